The lowest BCUT2D eigenvalue weighted by Gasteiger charge is -2.31. The van der Waals surface area contributed by atoms with Crippen LogP contribution in [-0.2, 0) is 23.7 Å². The van der Waals surface area contributed by atoms with E-state index in [0.29, 0.717) is 10.8 Å². The van der Waals surface area contributed by atoms with Crippen molar-refractivity contribution in [2.24, 2.45) is 11.8 Å². The molecular formula is C56H71Cl6F3N12O23. The van der Waals surface area contributed by atoms with E-state index in [9.17, 15) is 103 Å². The first-order chi connectivity index (χ1) is 47.0. The van der Waals surface area contributed by atoms with Crippen molar-refractivity contribution >= 4 is 81.2 Å². The summed E-state index contributed by atoms with van der Waals surface area (Å²) in [6.45, 7) is -0.673. The number of aromatic amines is 3. The van der Waals surface area contributed by atoms with E-state index in [1.54, 1.807) is 4.98 Å². The van der Waals surface area contributed by atoms with Gasteiger partial charge in [-0.1, -0.05) is 0 Å². The quantitative estimate of drug-likeness (QED) is 0.0449. The van der Waals surface area contributed by atoms with Gasteiger partial charge in [-0.3, -0.25) is 52.2 Å². The molecule has 5 aromatic rings. The molecule has 7 fully saturated rings. The van der Waals surface area contributed by atoms with Gasteiger partial charge in [-0.2, -0.15) is 14.4 Å². The number of halogens is 9. The second-order valence-corrected chi connectivity index (χ2v) is 27.1. The van der Waals surface area contributed by atoms with Crippen molar-refractivity contribution in [2.75, 3.05) is 50.4 Å². The Hall–Kier alpha value is -5.67. The SMILES string of the molecule is CC(F)[C@]1(CO)O[C@@H](n2ccc(=O)[nH]c2=O)[C@H](Cl)[C@@H]1O.CC(F)[C@]1(CO)O[C@@H](n2ccc(N)nc2=O)[C@H](Cl)[C@@H]1O.Nc1ccn([C@@H]2O[C@@](CO)(C3CC3)[C@@H](O)[C@H]2Cl)c(=O)n1.O=c1[nH]c(=O)n([C@@H]2O[C@@](CO)(CCl)[C@@H](O)[C@H]2Cl)cc1F.O=c1ccn([C@@H]2O[C@@](CO)(C3CC3)[C@@H](O)[C@H]2Cl)c(=O)[nH]1. The lowest BCUT2D eigenvalue weighted by Crippen LogP contribution is -2.51. The van der Waals surface area contributed by atoms with Gasteiger partial charge in [0.25, 0.3) is 16.7 Å². The number of hydrogen-bond donors (Lipinski definition) is 15. The lowest BCUT2D eigenvalue weighted by molar-refractivity contribution is -0.161. The van der Waals surface area contributed by atoms with E-state index in [0.717, 1.165) is 65.5 Å². The third-order valence-electron chi connectivity index (χ3n) is 18.2. The van der Waals surface area contributed by atoms with Crippen LogP contribution < -0.4 is 56.6 Å². The highest BCUT2D eigenvalue weighted by atomic mass is 35.5. The largest absolute Gasteiger partial charge is 0.393 e. The van der Waals surface area contributed by atoms with Crippen LogP contribution in [0, 0.1) is 17.7 Å². The van der Waals surface area contributed by atoms with Crippen molar-refractivity contribution in [3.05, 3.63) is 145 Å². The van der Waals surface area contributed by atoms with Crippen molar-refractivity contribution < 1.29 is 87.9 Å². The van der Waals surface area contributed by atoms with Gasteiger partial charge in [0.15, 0.2) is 42.3 Å². The third kappa shape index (κ3) is 15.2. The predicted octanol–water partition coefficient (Wildman–Crippen LogP) is -3.68. The van der Waals surface area contributed by atoms with Crippen LogP contribution in [0.25, 0.3) is 0 Å². The molecule has 5 aliphatic heterocycles. The zero-order valence-electron chi connectivity index (χ0n) is 52.2. The molecule has 0 spiro atoms. The minimum absolute atomic E-state index is 0.0169. The van der Waals surface area contributed by atoms with Gasteiger partial charge in [0.2, 0.25) is 5.82 Å². The van der Waals surface area contributed by atoms with Crippen molar-refractivity contribution in [3.8, 4) is 0 Å². The van der Waals surface area contributed by atoms with Gasteiger partial charge in [-0.15, -0.1) is 69.6 Å². The fourth-order valence-electron chi connectivity index (χ4n) is 12.0. The predicted molar refractivity (Wildman–Crippen MR) is 345 cm³/mol. The summed E-state index contributed by atoms with van der Waals surface area (Å²) in [5.41, 5.74) is -2.85. The van der Waals surface area contributed by atoms with E-state index >= 15 is 0 Å². The maximum absolute atomic E-state index is 13.7. The molecule has 0 amide bonds. The molecular weight excluding hydrogens is 1480 g/mol. The molecule has 0 radical (unpaired) electrons. The van der Waals surface area contributed by atoms with Gasteiger partial charge < -0.3 is 86.2 Å². The number of nitrogens with two attached hydrogens (primary N) is 2. The second kappa shape index (κ2) is 31.7. The van der Waals surface area contributed by atoms with Gasteiger partial charge >= 0.3 is 28.4 Å². The number of H-pyrrole nitrogens is 3. The summed E-state index contributed by atoms with van der Waals surface area (Å²) in [6, 6.07) is 5.05. The highest BCUT2D eigenvalue weighted by Gasteiger charge is 2.64. The van der Waals surface area contributed by atoms with E-state index in [4.69, 9.17) is 105 Å². The molecule has 556 valence electrons. The Balaban J connectivity index is 0.000000159. The molecule has 5 aromatic heterocycles. The number of rotatable bonds is 15. The topological polar surface area (TPSA) is 535 Å². The van der Waals surface area contributed by atoms with Crippen LogP contribution in [0.1, 0.15) is 70.7 Å². The molecule has 44 heteroatoms. The molecule has 2 saturated carbocycles. The summed E-state index contributed by atoms with van der Waals surface area (Å²) < 4.78 is 73.2. The monoisotopic (exact) mass is 1550 g/mol. The summed E-state index contributed by atoms with van der Waals surface area (Å²) >= 11 is 36.0. The summed E-state index contributed by atoms with van der Waals surface area (Å²) in [5, 5.41) is 92.7. The highest BCUT2D eigenvalue weighted by molar-refractivity contribution is 6.23. The normalized spacial score (nSPS) is 35.7. The molecule has 0 aromatic carbocycles. The first-order valence-electron chi connectivity index (χ1n) is 30.2. The Kier molecular flexibility index (Phi) is 25.4. The summed E-state index contributed by atoms with van der Waals surface area (Å²) in [4.78, 5) is 105. The Morgan fingerprint density at radius 1 is 0.500 bits per heavy atom. The van der Waals surface area contributed by atoms with E-state index in [1.165, 1.54) is 41.4 Å². The Morgan fingerprint density at radius 3 is 1.16 bits per heavy atom. The van der Waals surface area contributed by atoms with Gasteiger partial charge in [-0.05, 0) is 63.5 Å². The number of nitrogens with zero attached hydrogens (tertiary/aromatic N) is 7. The number of anilines is 2. The van der Waals surface area contributed by atoms with E-state index < -0.39 is 200 Å². The van der Waals surface area contributed by atoms with Crippen molar-refractivity contribution in [1.29, 1.82) is 0 Å². The number of ether oxygens (including phenoxy) is 5. The maximum atomic E-state index is 13.7. The number of hydrogen-bond acceptors (Lipinski definition) is 27. The molecule has 22 atom stereocenters. The first-order valence-corrected chi connectivity index (χ1v) is 32.9. The van der Waals surface area contributed by atoms with Crippen LogP contribution in [0.5, 0.6) is 0 Å². The van der Waals surface area contributed by atoms with Crippen LogP contribution in [-0.4, -0.2) is 235 Å². The summed E-state index contributed by atoms with van der Waals surface area (Å²) in [6.07, 6.45) is -6.20. The van der Waals surface area contributed by atoms with Crippen molar-refractivity contribution in [3.63, 3.8) is 0 Å². The fourth-order valence-corrected chi connectivity index (χ4v) is 14.2. The smallest absolute Gasteiger partial charge is 0.351 e. The number of aliphatic hydroxyl groups is 10. The van der Waals surface area contributed by atoms with Gasteiger partial charge in [0.05, 0.1) is 45.1 Å². The van der Waals surface area contributed by atoms with E-state index in [-0.39, 0.29) is 42.6 Å². The molecule has 35 nitrogen and oxygen atoms in total. The van der Waals surface area contributed by atoms with Crippen LogP contribution in [0.15, 0.2) is 93.6 Å². The van der Waals surface area contributed by atoms with E-state index in [1.807, 2.05) is 4.98 Å². The van der Waals surface area contributed by atoms with E-state index in [2.05, 4.69) is 15.0 Å². The number of nitrogen functional groups attached to an aromatic ring is 2. The van der Waals surface area contributed by atoms with Crippen molar-refractivity contribution in [1.82, 2.24) is 47.8 Å². The molecule has 0 bridgehead atoms. The summed E-state index contributed by atoms with van der Waals surface area (Å²) in [5.74, 6) is -1.28. The van der Waals surface area contributed by atoms with Crippen LogP contribution >= 0.6 is 69.6 Å². The number of nitrogens with one attached hydrogen (secondary N) is 3. The average Bonchev–Trinajstić information content (AvgIpc) is 1.51. The molecule has 2 aliphatic carbocycles. The standard InChI is InChI=1S/C12H16ClN3O4.C12H15ClN2O5.C11H15ClFN3O4.C11H14ClFN2O5.C10H11Cl2FN2O5/c13-8-9(18)12(5-17,6-1-2-6)20-10(8)16-4-3-7(14)15-11(16)19;13-8-9(18)12(5-16,6-1-2-6)20-10(8)15-4-3-7(17)14-11(15)19;1-5(13)11(4-17)8(18)7(12)9(20-11)16-3-2-6(14)15-10(16)19;1-5(13)11(4-16)8(18)7(12)9(20-11)15-3-2-6(17)14-10(15)19;11-2-10(3-16)6(17)5(12)8(20-10)15-1-4(13)7(18)14-9(15)19/h3-4,6,8-10,17-18H,1-2,5H2,(H2,14,15,19);3-4,6,8-10,16,18H,1-2,5H2,(H,14,17,19);2-3,5,7-9,17-18H,4H2,1H3,(H2,14,15,19);2-3,5,7-9,16,18H,4H2,1H3,(H,14,17,19);1,5-6,8,16-17H,2-3H2,(H,14,18,19)/t2*8-,9+,10-,12+;2*5?,7-,8+,9-,11+;5-,6+,8-,10-/m11111/s1. The lowest BCUT2D eigenvalue weighted by atomic mass is 9.92. The Bertz CT molecular complexity index is 4000. The Labute approximate surface area is 589 Å². The van der Waals surface area contributed by atoms with Gasteiger partial charge in [0, 0.05) is 36.9 Å². The minimum atomic E-state index is -1.91. The molecule has 17 N–H and O–H groups in total. The average molecular weight is 1550 g/mol. The van der Waals surface area contributed by atoms with Crippen molar-refractivity contribution in [2.45, 2.75) is 168 Å². The highest BCUT2D eigenvalue weighted by Crippen LogP contribution is 2.54. The molecule has 2 unspecified atom stereocenters. The zero-order valence-corrected chi connectivity index (χ0v) is 56.7. The van der Waals surface area contributed by atoms with Crippen LogP contribution in [0.3, 0.4) is 0 Å². The molecule has 10 heterocycles. The zero-order chi connectivity index (χ0) is 74.2. The molecule has 100 heavy (non-hydrogen) atoms. The van der Waals surface area contributed by atoms with Crippen LogP contribution in [0.2, 0.25) is 0 Å². The molecule has 12 rings (SSSR count). The second-order valence-electron chi connectivity index (χ2n) is 24.3. The fraction of sp³-hybridized carbons (Fsp3) is 0.643. The molecule has 5 saturated heterocycles. The van der Waals surface area contributed by atoms with Gasteiger partial charge in [-0.25, -0.2) is 32.8 Å². The van der Waals surface area contributed by atoms with Gasteiger partial charge in [0.1, 0.15) is 98.2 Å². The van der Waals surface area contributed by atoms with Crippen LogP contribution in [0.4, 0.5) is 24.8 Å². The minimum Gasteiger partial charge on any atom is -0.393 e. The number of aliphatic hydroxyl groups excluding tert-OH is 10. The molecule has 7 aliphatic rings. The number of alkyl halides is 8. The first kappa shape index (κ1) is 80.0. The third-order valence-corrected chi connectivity index (χ3v) is 20.9. The summed E-state index contributed by atoms with van der Waals surface area (Å²) in [7, 11) is 0. The maximum Gasteiger partial charge on any atom is 0.351 e. The Morgan fingerprint density at radius 2 is 0.840 bits per heavy atom. The number of aromatic nitrogens is 10.